The molecule has 0 aliphatic carbocycles. The lowest BCUT2D eigenvalue weighted by Gasteiger charge is -2.27. The molecule has 4 rings (SSSR count). The number of amidine groups is 1. The van der Waals surface area contributed by atoms with Gasteiger partial charge < -0.3 is 25.3 Å². The number of nitrogens with zero attached hydrogens (tertiary/aromatic N) is 4. The smallest absolute Gasteiger partial charge is 0.325 e. The summed E-state index contributed by atoms with van der Waals surface area (Å²) in [5.41, 5.74) is 8.68. The Morgan fingerprint density at radius 3 is 2.30 bits per heavy atom. The molecule has 0 aliphatic heterocycles. The van der Waals surface area contributed by atoms with E-state index in [1.807, 2.05) is 26.0 Å². The molecule has 0 fully saturated rings. The van der Waals surface area contributed by atoms with Crippen molar-refractivity contribution in [3.63, 3.8) is 0 Å². The number of anilines is 1. The van der Waals surface area contributed by atoms with Crippen LogP contribution in [0.3, 0.4) is 0 Å². The van der Waals surface area contributed by atoms with Gasteiger partial charge in [0, 0.05) is 25.1 Å². The number of ether oxygens (including phenoxy) is 1. The molecule has 3 aromatic carbocycles. The van der Waals surface area contributed by atoms with Crippen molar-refractivity contribution in [3.8, 4) is 0 Å². The number of nitrogens with two attached hydrogens (primary N) is 1. The van der Waals surface area contributed by atoms with Crippen molar-refractivity contribution >= 4 is 44.5 Å². The minimum Gasteiger partial charge on any atom is -0.465 e. The number of rotatable bonds is 16. The van der Waals surface area contributed by atoms with E-state index in [-0.39, 0.29) is 37.0 Å². The molecule has 1 amide bonds. The molecule has 46 heavy (non-hydrogen) atoms. The average Bonchev–Trinajstić information content (AvgIpc) is 3.38. The van der Waals surface area contributed by atoms with Crippen molar-refractivity contribution in [2.75, 3.05) is 43.6 Å². The number of esters is 1. The van der Waals surface area contributed by atoms with Gasteiger partial charge in [0.1, 0.15) is 24.7 Å². The highest BCUT2D eigenvalue weighted by atomic mass is 32.2. The van der Waals surface area contributed by atoms with Gasteiger partial charge in [-0.3, -0.25) is 19.3 Å². The highest BCUT2D eigenvalue weighted by molar-refractivity contribution is 7.92. The van der Waals surface area contributed by atoms with Gasteiger partial charge in [-0.25, -0.2) is 13.4 Å². The van der Waals surface area contributed by atoms with Gasteiger partial charge in [-0.15, -0.1) is 0 Å². The van der Waals surface area contributed by atoms with E-state index in [2.05, 4.69) is 10.2 Å². The number of hydrogen-bond acceptors (Lipinski definition) is 8. The second-order valence-corrected chi connectivity index (χ2v) is 12.4. The third-order valence-electron chi connectivity index (χ3n) is 7.61. The molecule has 4 N–H and O–H groups in total. The number of aromatic nitrogens is 2. The number of carbonyl (C=O) groups excluding carboxylic acids is 2. The topological polar surface area (TPSA) is 164 Å². The summed E-state index contributed by atoms with van der Waals surface area (Å²) in [5.74, 6) is -0.418. The molecule has 0 saturated carbocycles. The zero-order valence-electron chi connectivity index (χ0n) is 26.4. The Morgan fingerprint density at radius 1 is 0.978 bits per heavy atom. The molecule has 0 radical (unpaired) electrons. The molecule has 0 spiro atoms. The number of nitrogens with one attached hydrogen (secondary N) is 2. The zero-order chi connectivity index (χ0) is 33.3. The third kappa shape index (κ3) is 8.29. The maximum atomic E-state index is 13.9. The number of benzene rings is 3. The van der Waals surface area contributed by atoms with Gasteiger partial charge in [0.05, 0.1) is 28.2 Å². The van der Waals surface area contributed by atoms with E-state index in [9.17, 15) is 18.0 Å². The van der Waals surface area contributed by atoms with E-state index >= 15 is 0 Å². The van der Waals surface area contributed by atoms with Crippen LogP contribution in [0.1, 0.15) is 37.7 Å². The lowest BCUT2D eigenvalue weighted by molar-refractivity contribution is -0.143. The summed E-state index contributed by atoms with van der Waals surface area (Å²) < 4.78 is 35.9. The first kappa shape index (κ1) is 34.1. The number of fused-ring (bicyclic) bond motifs is 1. The van der Waals surface area contributed by atoms with Crippen molar-refractivity contribution in [3.05, 3.63) is 89.7 Å². The molecular weight excluding hydrogens is 606 g/mol. The van der Waals surface area contributed by atoms with Crippen molar-refractivity contribution < 1.29 is 22.7 Å². The summed E-state index contributed by atoms with van der Waals surface area (Å²) >= 11 is 0. The SMILES string of the molecule is CCOC(=O)CNC(=O)Cn1c(Cc2ccc(C(=N)N)cc2)nc2cc(N(CCN(CC)CC)S(=O)(=O)c3ccccc3)ccc21. The fraction of sp³-hybridized carbons (Fsp3) is 0.333. The summed E-state index contributed by atoms with van der Waals surface area (Å²) in [7, 11) is -3.90. The summed E-state index contributed by atoms with van der Waals surface area (Å²) in [6.45, 7) is 7.94. The Labute approximate surface area is 269 Å². The van der Waals surface area contributed by atoms with Crippen LogP contribution in [-0.4, -0.2) is 79.9 Å². The highest BCUT2D eigenvalue weighted by Gasteiger charge is 2.26. The van der Waals surface area contributed by atoms with Crippen molar-refractivity contribution in [2.24, 2.45) is 5.73 Å². The Kier molecular flexibility index (Phi) is 11.5. The lowest BCUT2D eigenvalue weighted by Crippen LogP contribution is -2.38. The highest BCUT2D eigenvalue weighted by Crippen LogP contribution is 2.28. The van der Waals surface area contributed by atoms with Crippen LogP contribution >= 0.6 is 0 Å². The van der Waals surface area contributed by atoms with E-state index in [1.165, 1.54) is 4.31 Å². The van der Waals surface area contributed by atoms with Crippen molar-refractivity contribution in [1.82, 2.24) is 19.8 Å². The second kappa shape index (κ2) is 15.5. The summed E-state index contributed by atoms with van der Waals surface area (Å²) in [6, 6.07) is 20.7. The first-order valence-corrected chi connectivity index (χ1v) is 16.7. The number of sulfonamides is 1. The van der Waals surface area contributed by atoms with Crippen LogP contribution in [0, 0.1) is 5.41 Å². The predicted molar refractivity (Wildman–Crippen MR) is 178 cm³/mol. The van der Waals surface area contributed by atoms with E-state index in [0.717, 1.165) is 18.7 Å². The van der Waals surface area contributed by atoms with Crippen LogP contribution in [0.5, 0.6) is 0 Å². The Balaban J connectivity index is 1.75. The quantitative estimate of drug-likeness (QED) is 0.0949. The summed E-state index contributed by atoms with van der Waals surface area (Å²) in [4.78, 5) is 32.0. The van der Waals surface area contributed by atoms with Gasteiger partial charge in [-0.05, 0) is 55.9 Å². The van der Waals surface area contributed by atoms with Crippen LogP contribution in [-0.2, 0) is 37.3 Å². The normalized spacial score (nSPS) is 11.5. The molecule has 1 aromatic heterocycles. The Morgan fingerprint density at radius 2 is 1.67 bits per heavy atom. The Hall–Kier alpha value is -4.75. The fourth-order valence-electron chi connectivity index (χ4n) is 5.08. The number of carbonyl (C=O) groups is 2. The number of likely N-dealkylation sites (N-methyl/N-ethyl adjacent to an activating group) is 1. The average molecular weight is 648 g/mol. The molecule has 0 saturated heterocycles. The van der Waals surface area contributed by atoms with Gasteiger partial charge in [-0.2, -0.15) is 0 Å². The maximum Gasteiger partial charge on any atom is 0.325 e. The van der Waals surface area contributed by atoms with E-state index in [4.69, 9.17) is 20.9 Å². The zero-order valence-corrected chi connectivity index (χ0v) is 27.2. The van der Waals surface area contributed by atoms with Gasteiger partial charge in [0.2, 0.25) is 5.91 Å². The molecule has 12 nitrogen and oxygen atoms in total. The Bertz CT molecular complexity index is 1770. The largest absolute Gasteiger partial charge is 0.465 e. The van der Waals surface area contributed by atoms with Crippen molar-refractivity contribution in [1.29, 1.82) is 5.41 Å². The standard InChI is InChI=1S/C33H41N7O5S/c1-4-38(5-2)18-19-40(46(43,44)27-10-8-7-9-11-27)26-16-17-29-28(21-26)37-30(20-24-12-14-25(15-13-24)33(34)35)39(29)23-31(41)36-22-32(42)45-6-3/h7-17,21H,4-6,18-20,22-23H2,1-3H3,(H3,34,35)(H,36,41). The maximum absolute atomic E-state index is 13.9. The minimum atomic E-state index is -3.90. The molecule has 244 valence electrons. The molecule has 13 heteroatoms. The third-order valence-corrected chi connectivity index (χ3v) is 9.45. The van der Waals surface area contributed by atoms with Crippen LogP contribution in [0.2, 0.25) is 0 Å². The van der Waals surface area contributed by atoms with Crippen LogP contribution in [0.4, 0.5) is 5.69 Å². The molecule has 0 atom stereocenters. The monoisotopic (exact) mass is 647 g/mol. The van der Waals surface area contributed by atoms with Gasteiger partial charge >= 0.3 is 5.97 Å². The molecular formula is C33H41N7O5S. The molecule has 0 bridgehead atoms. The van der Waals surface area contributed by atoms with Crippen molar-refractivity contribution in [2.45, 2.75) is 38.6 Å². The number of imidazole rings is 1. The summed E-state index contributed by atoms with van der Waals surface area (Å²) in [6.07, 6.45) is 0.349. The summed E-state index contributed by atoms with van der Waals surface area (Å²) in [5, 5.41) is 10.3. The van der Waals surface area contributed by atoms with Crippen LogP contribution in [0.25, 0.3) is 11.0 Å². The second-order valence-electron chi connectivity index (χ2n) is 10.6. The van der Waals surface area contributed by atoms with Gasteiger partial charge in [0.25, 0.3) is 10.0 Å². The minimum absolute atomic E-state index is 0.0411. The predicted octanol–water partition coefficient (Wildman–Crippen LogP) is 3.13. The number of hydrogen-bond donors (Lipinski definition) is 3. The van der Waals surface area contributed by atoms with Gasteiger partial charge in [0.15, 0.2) is 0 Å². The van der Waals surface area contributed by atoms with E-state index < -0.39 is 21.9 Å². The number of nitrogen functional groups attached to an aromatic ring is 1. The van der Waals surface area contributed by atoms with Gasteiger partial charge in [-0.1, -0.05) is 56.3 Å². The first-order chi connectivity index (χ1) is 22.1. The van der Waals surface area contributed by atoms with Crippen LogP contribution in [0.15, 0.2) is 77.7 Å². The number of amides is 1. The van der Waals surface area contributed by atoms with E-state index in [0.29, 0.717) is 41.1 Å². The molecule has 0 aliphatic rings. The molecule has 1 heterocycles. The lowest BCUT2D eigenvalue weighted by atomic mass is 10.1. The first-order valence-electron chi connectivity index (χ1n) is 15.2. The molecule has 4 aromatic rings. The van der Waals surface area contributed by atoms with E-state index in [1.54, 1.807) is 72.2 Å². The van der Waals surface area contributed by atoms with Crippen LogP contribution < -0.4 is 15.4 Å². The molecule has 0 unspecified atom stereocenters. The fourth-order valence-corrected chi connectivity index (χ4v) is 6.55.